The zero-order valence-electron chi connectivity index (χ0n) is 27.1. The maximum Gasteiger partial charge on any atom is 0.210 e. The molecule has 86 valence electrons. The zero-order valence-corrected chi connectivity index (χ0v) is 7.07. The average Bonchev–Trinajstić information content (AvgIpc) is 2.62. The van der Waals surface area contributed by atoms with Gasteiger partial charge in [-0.1, -0.05) is 13.7 Å². The van der Waals surface area contributed by atoms with Crippen LogP contribution >= 0.6 is 0 Å². The minimum Gasteiger partial charge on any atom is -0.395 e. The molecule has 0 unspecified atom stereocenters. The molecule has 0 radical (unpaired) electrons. The van der Waals surface area contributed by atoms with E-state index in [9.17, 15) is 0 Å². The molecule has 4 heteroatoms. The molecule has 0 amide bonds. The summed E-state index contributed by atoms with van der Waals surface area (Å²) in [6.45, 7) is -20.4. The molecule has 4 nitrogen and oxygen atoms in total. The highest BCUT2D eigenvalue weighted by molar-refractivity contribution is 4.67. The Labute approximate surface area is 115 Å². The molecule has 4 N–H and O–H groups in total. The van der Waals surface area contributed by atoms with Crippen molar-refractivity contribution in [2.45, 2.75) is 38.5 Å². The van der Waals surface area contributed by atoms with Crippen LogP contribution in [0.1, 0.15) is 48.4 Å². The van der Waals surface area contributed by atoms with Gasteiger partial charge in [-0.3, -0.25) is 0 Å². The number of hydrogen-bond donors (Lipinski definition) is 4. The topological polar surface area (TPSA) is 64.5 Å². The molecule has 0 heterocycles. The predicted octanol–water partition coefficient (Wildman–Crippen LogP) is -0.293. The van der Waals surface area contributed by atoms with Crippen LogP contribution in [0.2, 0.25) is 2.82 Å². The zero-order chi connectivity index (χ0) is 27.9. The second kappa shape index (κ2) is 9.40. The fraction of sp³-hybridized carbons (Fsp3) is 1.00. The van der Waals surface area contributed by atoms with E-state index in [1.165, 1.54) is 0 Å². The standard InChI is InChI=1S/C10H24N2O2/c1-3-9(7-13)11-5-6-12-10(4-2)8-14/h9-14H,3-8H2,1-2H3/t9-,10-/m0/s1/i1D3,2D3,3D2,4D2,5D2,6D2,7D2,13D,14D/hD2. The summed E-state index contributed by atoms with van der Waals surface area (Å²) >= 11 is 0. The molecule has 2 atom stereocenters. The molecule has 0 saturated carbocycles. The quantitative estimate of drug-likeness (QED) is 0.389. The monoisotopic (exact) mass is 224 g/mol. The van der Waals surface area contributed by atoms with Crippen LogP contribution in [0.25, 0.3) is 0 Å². The Morgan fingerprint density at radius 1 is 1.29 bits per heavy atom. The molecule has 0 spiro atoms. The van der Waals surface area contributed by atoms with E-state index in [4.69, 9.17) is 27.6 Å². The number of rotatable bonds is 11. The second-order valence-electron chi connectivity index (χ2n) is 1.97. The van der Waals surface area contributed by atoms with Crippen molar-refractivity contribution in [2.75, 3.05) is 26.2 Å². The third kappa shape index (κ3) is 6.32. The summed E-state index contributed by atoms with van der Waals surface area (Å²) in [5, 5.41) is 6.10. The van der Waals surface area contributed by atoms with Crippen LogP contribution in [-0.4, -0.2) is 51.3 Å². The average molecular weight is 224 g/mol. The molecule has 0 aromatic carbocycles. The van der Waals surface area contributed by atoms with Gasteiger partial charge in [-0.05, 0) is 12.7 Å². The van der Waals surface area contributed by atoms with Gasteiger partial charge < -0.3 is 20.8 Å². The van der Waals surface area contributed by atoms with Gasteiger partial charge in [-0.25, -0.2) is 0 Å². The molecule has 0 aliphatic carbocycles. The van der Waals surface area contributed by atoms with Gasteiger partial charge in [0.05, 0.1) is 15.9 Å². The summed E-state index contributed by atoms with van der Waals surface area (Å²) in [7, 11) is 0. The highest BCUT2D eigenvalue weighted by Gasteiger charge is 2.04. The van der Waals surface area contributed by atoms with Gasteiger partial charge in [0.25, 0.3) is 0 Å². The minimum absolute atomic E-state index is 0.617. The van der Waals surface area contributed by atoms with Gasteiger partial charge in [-0.15, -0.1) is 0 Å². The first-order valence-corrected chi connectivity index (χ1v) is 3.48. The first-order chi connectivity index (χ1) is 14.7. The lowest BCUT2D eigenvalue weighted by Crippen LogP contribution is -2.40. The van der Waals surface area contributed by atoms with Crippen molar-refractivity contribution in [3.05, 3.63) is 0 Å². The van der Waals surface area contributed by atoms with Crippen LogP contribution in [0.15, 0.2) is 0 Å². The van der Waals surface area contributed by atoms with Crippen LogP contribution in [0, 0.1) is 0 Å². The van der Waals surface area contributed by atoms with E-state index in [1.807, 2.05) is 0 Å². The summed E-state index contributed by atoms with van der Waals surface area (Å²) in [4.78, 5) is 0. The Hall–Kier alpha value is -0.160. The van der Waals surface area contributed by atoms with Crippen molar-refractivity contribution < 1.29 is 35.0 Å². The summed E-state index contributed by atoms with van der Waals surface area (Å²) in [5.74, 6) is 0. The van der Waals surface area contributed by atoms with Crippen molar-refractivity contribution >= 4 is 0 Å². The van der Waals surface area contributed by atoms with Crippen molar-refractivity contribution in [1.82, 2.24) is 10.6 Å². The van der Waals surface area contributed by atoms with E-state index in [-0.39, 0.29) is 0 Å². The Kier molecular flexibility index (Phi) is 1.42. The molecule has 0 saturated heterocycles. The summed E-state index contributed by atoms with van der Waals surface area (Å²) < 4.78 is 151. The largest absolute Gasteiger partial charge is 0.395 e. The van der Waals surface area contributed by atoms with E-state index in [1.54, 1.807) is 0 Å². The summed E-state index contributed by atoms with van der Waals surface area (Å²) in [5.41, 5.74) is 0. The Morgan fingerprint density at radius 3 is 2.64 bits per heavy atom. The maximum atomic E-state index is 8.01. The summed E-state index contributed by atoms with van der Waals surface area (Å²) in [6, 6.07) is -5.70. The molecule has 0 fully saturated rings. The molecule has 0 aromatic heterocycles. The van der Waals surface area contributed by atoms with E-state index in [0.29, 0.717) is 0 Å². The third-order valence-corrected chi connectivity index (χ3v) is 1.04. The minimum atomic E-state index is -4.09. The molecule has 0 rings (SSSR count). The van der Waals surface area contributed by atoms with Gasteiger partial charge in [0.1, 0.15) is 2.82 Å². The summed E-state index contributed by atoms with van der Waals surface area (Å²) in [6.07, 6.45) is -7.36. The maximum absolute atomic E-state index is 8.01. The van der Waals surface area contributed by atoms with Gasteiger partial charge in [0, 0.05) is 44.3 Å². The van der Waals surface area contributed by atoms with Crippen molar-refractivity contribution in [2.24, 2.45) is 0 Å². The van der Waals surface area contributed by atoms with Crippen molar-refractivity contribution in [3.63, 3.8) is 0 Å². The van der Waals surface area contributed by atoms with E-state index in [2.05, 4.69) is 10.2 Å². The fourth-order valence-corrected chi connectivity index (χ4v) is 0.400. The number of nitrogens with one attached hydrogen (secondary N) is 2. The predicted molar refractivity (Wildman–Crippen MR) is 58.3 cm³/mol. The van der Waals surface area contributed by atoms with Gasteiger partial charge >= 0.3 is 0 Å². The van der Waals surface area contributed by atoms with Crippen LogP contribution < -0.4 is 10.6 Å². The number of aliphatic hydroxyl groups is 2. The van der Waals surface area contributed by atoms with E-state index in [0.717, 1.165) is 0 Å². The van der Waals surface area contributed by atoms with E-state index >= 15 is 0 Å². The molecule has 0 aromatic rings. The molecular formula is C10H24N2O2. The fourth-order valence-electron chi connectivity index (χ4n) is 0.400. The molecular weight excluding hydrogens is 180 g/mol. The highest BCUT2D eigenvalue weighted by Crippen LogP contribution is 1.89. The van der Waals surface area contributed by atoms with Crippen LogP contribution in [0.5, 0.6) is 0 Å². The SMILES string of the molecule is [2H]OC[C@@H](N([2H])C([2H])([2H])C([2H])([2H])N([2H])[C@H](C([2H])([2H])O[2H])C([2H])([2H])C([2H])([2H])[2H])C([2H])([2H])C([2H])([2H])[2H]. The lowest BCUT2D eigenvalue weighted by atomic mass is 10.2. The van der Waals surface area contributed by atoms with Crippen molar-refractivity contribution in [1.29, 1.82) is 2.86 Å². The molecule has 0 aliphatic heterocycles. The second-order valence-corrected chi connectivity index (χ2v) is 1.97. The first-order valence-electron chi connectivity index (χ1n) is 13.2. The van der Waals surface area contributed by atoms with Gasteiger partial charge in [0.15, 0.2) is 0 Å². The Balaban J connectivity index is 6.78. The smallest absolute Gasteiger partial charge is 0.210 e. The molecule has 0 bridgehead atoms. The van der Waals surface area contributed by atoms with Crippen LogP contribution in [-0.2, 0) is 0 Å². The van der Waals surface area contributed by atoms with Crippen LogP contribution in [0.3, 0.4) is 0 Å². The first kappa shape index (κ1) is 2.12. The Morgan fingerprint density at radius 2 is 2.00 bits per heavy atom. The van der Waals surface area contributed by atoms with E-state index < -0.39 is 75.3 Å². The highest BCUT2D eigenvalue weighted by atomic mass is 16.3. The lowest BCUT2D eigenvalue weighted by molar-refractivity contribution is 0.229. The number of aliphatic hydroxyl groups excluding tert-OH is 1. The van der Waals surface area contributed by atoms with Gasteiger partial charge in [-0.2, -0.15) is 0 Å². The lowest BCUT2D eigenvalue weighted by Gasteiger charge is -2.17. The molecule has 14 heavy (non-hydrogen) atoms. The third-order valence-electron chi connectivity index (χ3n) is 1.04. The number of hydrogen-bond acceptors (Lipinski definition) is 4. The van der Waals surface area contributed by atoms with Crippen LogP contribution in [0.4, 0.5) is 0 Å². The molecule has 0 aliphatic rings. The van der Waals surface area contributed by atoms with Gasteiger partial charge in [0.2, 0.25) is 2.86 Å². The normalized spacial score (nSPS) is 43.9. The van der Waals surface area contributed by atoms with Crippen molar-refractivity contribution in [3.8, 4) is 0 Å². The Bertz CT molecular complexity index is 675.